The zero-order chi connectivity index (χ0) is 18.0. The van der Waals surface area contributed by atoms with E-state index in [0.717, 1.165) is 24.4 Å². The van der Waals surface area contributed by atoms with Crippen molar-refractivity contribution in [3.63, 3.8) is 0 Å². The van der Waals surface area contributed by atoms with Crippen LogP contribution >= 0.6 is 0 Å². The predicted octanol–water partition coefficient (Wildman–Crippen LogP) is 2.01. The van der Waals surface area contributed by atoms with E-state index in [1.54, 1.807) is 4.57 Å². The molecule has 1 fully saturated rings. The Morgan fingerprint density at radius 3 is 2.52 bits per heavy atom. The van der Waals surface area contributed by atoms with Gasteiger partial charge >= 0.3 is 11.7 Å². The highest BCUT2D eigenvalue weighted by Gasteiger charge is 2.31. The molecule has 0 radical (unpaired) electrons. The lowest BCUT2D eigenvalue weighted by Crippen LogP contribution is -2.47. The summed E-state index contributed by atoms with van der Waals surface area (Å²) in [5.74, 6) is 1.17. The molecule has 2 N–H and O–H groups in total. The third-order valence-electron chi connectivity index (χ3n) is 3.92. The van der Waals surface area contributed by atoms with Gasteiger partial charge in [-0.2, -0.15) is 5.10 Å². The molecule has 0 aliphatic heterocycles. The Morgan fingerprint density at radius 1 is 1.24 bits per heavy atom. The summed E-state index contributed by atoms with van der Waals surface area (Å²) >= 11 is 0. The van der Waals surface area contributed by atoms with Crippen molar-refractivity contribution in [2.75, 3.05) is 6.54 Å². The minimum atomic E-state index is -0.297. The van der Waals surface area contributed by atoms with Crippen LogP contribution in [0.2, 0.25) is 0 Å². The number of para-hydroxylation sites is 1. The highest BCUT2D eigenvalue weighted by Crippen LogP contribution is 2.39. The van der Waals surface area contributed by atoms with Gasteiger partial charge in [0.15, 0.2) is 0 Å². The van der Waals surface area contributed by atoms with Crippen LogP contribution in [0.4, 0.5) is 4.79 Å². The predicted molar refractivity (Wildman–Crippen MR) is 96.1 cm³/mol. The number of nitrogens with zero attached hydrogens (tertiary/aromatic N) is 3. The molecule has 0 bridgehead atoms. The summed E-state index contributed by atoms with van der Waals surface area (Å²) in [6.07, 6.45) is 2.13. The maximum atomic E-state index is 12.8. The van der Waals surface area contributed by atoms with Gasteiger partial charge in [0, 0.05) is 18.0 Å². The molecule has 2 aromatic rings. The van der Waals surface area contributed by atoms with Crippen molar-refractivity contribution in [3.8, 4) is 5.69 Å². The highest BCUT2D eigenvalue weighted by molar-refractivity contribution is 5.74. The third-order valence-corrected chi connectivity index (χ3v) is 3.92. The monoisotopic (exact) mass is 343 g/mol. The molecule has 0 saturated heterocycles. The lowest BCUT2D eigenvalue weighted by Gasteiger charge is -2.20. The molecule has 134 valence electrons. The average Bonchev–Trinajstić information content (AvgIpc) is 3.32. The van der Waals surface area contributed by atoms with E-state index in [1.807, 2.05) is 51.1 Å². The third kappa shape index (κ3) is 4.29. The maximum absolute atomic E-state index is 12.8. The molecule has 1 aliphatic rings. The van der Waals surface area contributed by atoms with Crippen molar-refractivity contribution in [2.24, 2.45) is 0 Å². The zero-order valence-corrected chi connectivity index (χ0v) is 15.0. The number of rotatable bonds is 5. The molecule has 25 heavy (non-hydrogen) atoms. The lowest BCUT2D eigenvalue weighted by atomic mass is 10.1. The van der Waals surface area contributed by atoms with Crippen molar-refractivity contribution in [1.29, 1.82) is 0 Å². The van der Waals surface area contributed by atoms with E-state index in [9.17, 15) is 9.59 Å². The van der Waals surface area contributed by atoms with Crippen LogP contribution in [0.5, 0.6) is 0 Å². The van der Waals surface area contributed by atoms with Gasteiger partial charge in [0.05, 0.1) is 12.2 Å². The van der Waals surface area contributed by atoms with Crippen LogP contribution in [0, 0.1) is 0 Å². The Kier molecular flexibility index (Phi) is 4.65. The molecule has 0 atom stereocenters. The van der Waals surface area contributed by atoms with E-state index in [0.29, 0.717) is 19.0 Å². The van der Waals surface area contributed by atoms with E-state index >= 15 is 0 Å². The van der Waals surface area contributed by atoms with Crippen LogP contribution in [-0.4, -0.2) is 32.5 Å². The Balaban J connectivity index is 1.73. The molecule has 1 aromatic carbocycles. The first-order valence-electron chi connectivity index (χ1n) is 8.66. The molecular weight excluding hydrogens is 318 g/mol. The molecule has 3 rings (SSSR count). The number of nitrogens with one attached hydrogen (secondary N) is 2. The second-order valence-electron chi connectivity index (χ2n) is 7.44. The van der Waals surface area contributed by atoms with Crippen LogP contribution in [0.3, 0.4) is 0 Å². The SMILES string of the molecule is CC(C)(C)NC(=O)NCCn1nc(C2CC2)n(-c2ccccc2)c1=O. The van der Waals surface area contributed by atoms with Crippen molar-refractivity contribution in [3.05, 3.63) is 46.6 Å². The Hall–Kier alpha value is -2.57. The van der Waals surface area contributed by atoms with Gasteiger partial charge in [0.1, 0.15) is 5.82 Å². The molecule has 7 nitrogen and oxygen atoms in total. The average molecular weight is 343 g/mol. The molecule has 2 amide bonds. The van der Waals surface area contributed by atoms with E-state index in [2.05, 4.69) is 15.7 Å². The number of amides is 2. The fourth-order valence-electron chi connectivity index (χ4n) is 2.66. The summed E-state index contributed by atoms with van der Waals surface area (Å²) in [7, 11) is 0. The lowest BCUT2D eigenvalue weighted by molar-refractivity contribution is 0.231. The fourth-order valence-corrected chi connectivity index (χ4v) is 2.66. The number of hydrogen-bond acceptors (Lipinski definition) is 3. The molecule has 1 saturated carbocycles. The summed E-state index contributed by atoms with van der Waals surface area (Å²) < 4.78 is 3.13. The number of benzene rings is 1. The smallest absolute Gasteiger partial charge is 0.336 e. The van der Waals surface area contributed by atoms with Crippen LogP contribution in [0.15, 0.2) is 35.1 Å². The van der Waals surface area contributed by atoms with E-state index in [1.165, 1.54) is 4.68 Å². The number of carbonyl (C=O) groups is 1. The first-order chi connectivity index (χ1) is 11.8. The number of aromatic nitrogens is 3. The van der Waals surface area contributed by atoms with E-state index in [-0.39, 0.29) is 17.3 Å². The molecule has 1 aromatic heterocycles. The van der Waals surface area contributed by atoms with Crippen molar-refractivity contribution >= 4 is 6.03 Å². The molecule has 0 unspecified atom stereocenters. The van der Waals surface area contributed by atoms with Gasteiger partial charge < -0.3 is 10.6 Å². The van der Waals surface area contributed by atoms with Gasteiger partial charge in [-0.25, -0.2) is 18.8 Å². The van der Waals surface area contributed by atoms with Gasteiger partial charge in [0.2, 0.25) is 0 Å². The number of carbonyl (C=O) groups excluding carboxylic acids is 1. The molecular formula is C18H25N5O2. The summed E-state index contributed by atoms with van der Waals surface area (Å²) in [5.41, 5.74) is 0.375. The van der Waals surface area contributed by atoms with Crippen LogP contribution in [-0.2, 0) is 6.54 Å². The molecule has 1 aliphatic carbocycles. The van der Waals surface area contributed by atoms with E-state index in [4.69, 9.17) is 0 Å². The maximum Gasteiger partial charge on any atom is 0.350 e. The van der Waals surface area contributed by atoms with Crippen molar-refractivity contribution in [1.82, 2.24) is 25.0 Å². The van der Waals surface area contributed by atoms with Crippen LogP contribution in [0.1, 0.15) is 45.4 Å². The first-order valence-corrected chi connectivity index (χ1v) is 8.66. The van der Waals surface area contributed by atoms with Crippen molar-refractivity contribution in [2.45, 2.75) is 51.6 Å². The first kappa shape index (κ1) is 17.3. The van der Waals surface area contributed by atoms with Gasteiger partial charge in [-0.1, -0.05) is 18.2 Å². The molecule has 0 spiro atoms. The van der Waals surface area contributed by atoms with Crippen LogP contribution < -0.4 is 16.3 Å². The highest BCUT2D eigenvalue weighted by atomic mass is 16.2. The van der Waals surface area contributed by atoms with Gasteiger partial charge in [0.25, 0.3) is 0 Å². The minimum absolute atomic E-state index is 0.161. The van der Waals surface area contributed by atoms with Gasteiger partial charge in [-0.3, -0.25) is 0 Å². The fraction of sp³-hybridized carbons (Fsp3) is 0.500. The largest absolute Gasteiger partial charge is 0.350 e. The second kappa shape index (κ2) is 6.74. The summed E-state index contributed by atoms with van der Waals surface area (Å²) in [5, 5.41) is 10.1. The Labute approximate surface area is 147 Å². The molecule has 1 heterocycles. The minimum Gasteiger partial charge on any atom is -0.336 e. The Morgan fingerprint density at radius 2 is 1.92 bits per heavy atom. The zero-order valence-electron chi connectivity index (χ0n) is 15.0. The normalized spacial score (nSPS) is 14.4. The van der Waals surface area contributed by atoms with Gasteiger partial charge in [-0.15, -0.1) is 0 Å². The summed E-state index contributed by atoms with van der Waals surface area (Å²) in [6.45, 7) is 6.44. The second-order valence-corrected chi connectivity index (χ2v) is 7.44. The standard InChI is InChI=1S/C18H25N5O2/c1-18(2,3)20-16(24)19-11-12-22-17(25)23(14-7-5-4-6-8-14)15(21-22)13-9-10-13/h4-8,13H,9-12H2,1-3H3,(H2,19,20,24). The van der Waals surface area contributed by atoms with Crippen LogP contribution in [0.25, 0.3) is 5.69 Å². The van der Waals surface area contributed by atoms with Gasteiger partial charge in [-0.05, 0) is 45.7 Å². The van der Waals surface area contributed by atoms with Crippen molar-refractivity contribution < 1.29 is 4.79 Å². The number of hydrogen-bond donors (Lipinski definition) is 2. The summed E-state index contributed by atoms with van der Waals surface area (Å²) in [4.78, 5) is 24.6. The Bertz CT molecular complexity index is 797. The van der Waals surface area contributed by atoms with E-state index < -0.39 is 0 Å². The number of urea groups is 1. The quantitative estimate of drug-likeness (QED) is 0.871. The molecule has 7 heteroatoms. The summed E-state index contributed by atoms with van der Waals surface area (Å²) in [6, 6.07) is 9.32. The topological polar surface area (TPSA) is 81.0 Å².